The lowest BCUT2D eigenvalue weighted by Crippen LogP contribution is -2.10. The number of fused-ring (bicyclic) bond motifs is 3. The van der Waals surface area contributed by atoms with Crippen molar-refractivity contribution in [3.8, 4) is 17.2 Å². The highest BCUT2D eigenvalue weighted by Gasteiger charge is 2.14. The summed E-state index contributed by atoms with van der Waals surface area (Å²) in [6.07, 6.45) is 1.76. The van der Waals surface area contributed by atoms with Gasteiger partial charge in [-0.05, 0) is 24.3 Å². The van der Waals surface area contributed by atoms with Crippen LogP contribution in [0.4, 0.5) is 11.5 Å². The summed E-state index contributed by atoms with van der Waals surface area (Å²) in [5.74, 6) is 0.864. The lowest BCUT2D eigenvalue weighted by molar-refractivity contribution is 1.18. The minimum absolute atomic E-state index is 0.603. The number of rotatable bonds is 0. The molecule has 0 radical (unpaired) electrons. The Labute approximate surface area is 98.9 Å². The Kier molecular flexibility index (Phi) is 2.16. The fourth-order valence-corrected chi connectivity index (χ4v) is 1.98. The van der Waals surface area contributed by atoms with Crippen LogP contribution in [0.2, 0.25) is 0 Å². The molecule has 1 aliphatic heterocycles. The second kappa shape index (κ2) is 3.80. The summed E-state index contributed by atoms with van der Waals surface area (Å²) in [5, 5.41) is 15.3. The van der Waals surface area contributed by atoms with Gasteiger partial charge in [0, 0.05) is 23.0 Å². The van der Waals surface area contributed by atoms with E-state index < -0.39 is 0 Å². The first kappa shape index (κ1) is 9.67. The van der Waals surface area contributed by atoms with E-state index in [1.165, 1.54) is 0 Å². The first-order valence-electron chi connectivity index (χ1n) is 5.36. The van der Waals surface area contributed by atoms with Gasteiger partial charge in [-0.2, -0.15) is 5.26 Å². The number of pyridine rings is 1. The second-order valence-corrected chi connectivity index (χ2v) is 3.80. The average Bonchev–Trinajstić information content (AvgIpc) is 2.57. The van der Waals surface area contributed by atoms with E-state index in [-0.39, 0.29) is 0 Å². The molecular weight excluding hydrogens is 212 g/mol. The first-order chi connectivity index (χ1) is 8.38. The molecule has 4 heteroatoms. The highest BCUT2D eigenvalue weighted by atomic mass is 15.1. The molecule has 2 aromatic rings. The largest absolute Gasteiger partial charge is 0.367 e. The molecule has 1 aliphatic rings. The number of benzene rings is 1. The normalized spacial score (nSPS) is 12.2. The van der Waals surface area contributed by atoms with Crippen molar-refractivity contribution in [3.05, 3.63) is 42.1 Å². The van der Waals surface area contributed by atoms with Gasteiger partial charge in [-0.15, -0.1) is 0 Å². The van der Waals surface area contributed by atoms with Crippen molar-refractivity contribution in [3.63, 3.8) is 0 Å². The van der Waals surface area contributed by atoms with E-state index >= 15 is 0 Å². The molecule has 1 aromatic heterocycles. The Morgan fingerprint density at radius 3 is 3.00 bits per heavy atom. The fourth-order valence-electron chi connectivity index (χ4n) is 1.98. The first-order valence-corrected chi connectivity index (χ1v) is 5.36. The highest BCUT2D eigenvalue weighted by molar-refractivity contribution is 5.86. The van der Waals surface area contributed by atoms with Crippen LogP contribution < -0.4 is 10.6 Å². The van der Waals surface area contributed by atoms with Crippen LogP contribution in [-0.2, 0) is 0 Å². The summed E-state index contributed by atoms with van der Waals surface area (Å²) in [6.45, 7) is 0.603. The van der Waals surface area contributed by atoms with Crippen molar-refractivity contribution in [2.45, 2.75) is 0 Å². The molecule has 0 amide bonds. The third kappa shape index (κ3) is 1.58. The Morgan fingerprint density at radius 1 is 1.18 bits per heavy atom. The summed E-state index contributed by atoms with van der Waals surface area (Å²) in [6, 6.07) is 11.7. The van der Waals surface area contributed by atoms with Gasteiger partial charge in [0.2, 0.25) is 0 Å². The maximum absolute atomic E-state index is 8.90. The van der Waals surface area contributed by atoms with Gasteiger partial charge in [0.25, 0.3) is 0 Å². The van der Waals surface area contributed by atoms with Crippen LogP contribution >= 0.6 is 0 Å². The molecule has 82 valence electrons. The number of nitriles is 1. The number of nitrogens with zero attached hydrogens (tertiary/aromatic N) is 2. The number of hydrogen-bond acceptors (Lipinski definition) is 4. The molecule has 0 saturated carbocycles. The van der Waals surface area contributed by atoms with Gasteiger partial charge in [-0.1, -0.05) is 6.07 Å². The molecule has 4 nitrogen and oxygen atoms in total. The zero-order valence-electron chi connectivity index (χ0n) is 9.07. The van der Waals surface area contributed by atoms with E-state index in [2.05, 4.69) is 21.7 Å². The Hall–Kier alpha value is -2.54. The molecule has 0 fully saturated rings. The number of hydrogen-bond donors (Lipinski definition) is 2. The van der Waals surface area contributed by atoms with E-state index in [9.17, 15) is 0 Å². The molecule has 0 saturated heterocycles. The standard InChI is InChI=1S/C13H10N4/c14-7-9-3-4-10-11-2-1-5-15-13(11)17-8-16-12(10)6-9/h1-6,16H,8H2,(H,15,17). The highest BCUT2D eigenvalue weighted by Crippen LogP contribution is 2.34. The Bertz CT molecular complexity index is 613. The van der Waals surface area contributed by atoms with Gasteiger partial charge < -0.3 is 10.6 Å². The second-order valence-electron chi connectivity index (χ2n) is 3.80. The lowest BCUT2D eigenvalue weighted by atomic mass is 10.0. The fraction of sp³-hybridized carbons (Fsp3) is 0.0769. The maximum Gasteiger partial charge on any atom is 0.135 e. The summed E-state index contributed by atoms with van der Waals surface area (Å²) in [7, 11) is 0. The van der Waals surface area contributed by atoms with Gasteiger partial charge in [-0.25, -0.2) is 4.98 Å². The Balaban J connectivity index is 2.23. The van der Waals surface area contributed by atoms with E-state index in [4.69, 9.17) is 5.26 Å². The lowest BCUT2D eigenvalue weighted by Gasteiger charge is -2.07. The van der Waals surface area contributed by atoms with Crippen LogP contribution in [0.3, 0.4) is 0 Å². The van der Waals surface area contributed by atoms with Crippen molar-refractivity contribution in [2.75, 3.05) is 17.3 Å². The smallest absolute Gasteiger partial charge is 0.135 e. The van der Waals surface area contributed by atoms with E-state index in [1.807, 2.05) is 30.3 Å². The molecular formula is C13H10N4. The molecule has 0 spiro atoms. The van der Waals surface area contributed by atoms with Crippen LogP contribution in [0.25, 0.3) is 11.1 Å². The van der Waals surface area contributed by atoms with Gasteiger partial charge in [0.05, 0.1) is 18.3 Å². The quantitative estimate of drug-likeness (QED) is 0.718. The van der Waals surface area contributed by atoms with Crippen LogP contribution in [0.15, 0.2) is 36.5 Å². The van der Waals surface area contributed by atoms with Crippen molar-refractivity contribution in [1.29, 1.82) is 5.26 Å². The predicted molar refractivity (Wildman–Crippen MR) is 66.5 cm³/mol. The molecule has 17 heavy (non-hydrogen) atoms. The SMILES string of the molecule is N#Cc1ccc2c(c1)NCNc1ncccc1-2. The van der Waals surface area contributed by atoms with Gasteiger partial charge in [0.1, 0.15) is 5.82 Å². The molecule has 0 unspecified atom stereocenters. The Morgan fingerprint density at radius 2 is 2.12 bits per heavy atom. The third-order valence-corrected chi connectivity index (χ3v) is 2.78. The molecule has 2 heterocycles. The van der Waals surface area contributed by atoms with Crippen molar-refractivity contribution in [1.82, 2.24) is 4.98 Å². The molecule has 0 aliphatic carbocycles. The zero-order valence-corrected chi connectivity index (χ0v) is 9.07. The van der Waals surface area contributed by atoms with Crippen LogP contribution in [0, 0.1) is 11.3 Å². The predicted octanol–water partition coefficient (Wildman–Crippen LogP) is 2.42. The van der Waals surface area contributed by atoms with E-state index in [0.717, 1.165) is 22.6 Å². The topological polar surface area (TPSA) is 60.7 Å². The van der Waals surface area contributed by atoms with Crippen molar-refractivity contribution >= 4 is 11.5 Å². The van der Waals surface area contributed by atoms with Crippen molar-refractivity contribution in [2.24, 2.45) is 0 Å². The van der Waals surface area contributed by atoms with Crippen LogP contribution in [0.5, 0.6) is 0 Å². The van der Waals surface area contributed by atoms with Crippen molar-refractivity contribution < 1.29 is 0 Å². The summed E-state index contributed by atoms with van der Waals surface area (Å²) < 4.78 is 0. The van der Waals surface area contributed by atoms with Gasteiger partial charge in [0.15, 0.2) is 0 Å². The summed E-state index contributed by atoms with van der Waals surface area (Å²) in [5.41, 5.74) is 3.74. The molecule has 2 N–H and O–H groups in total. The van der Waals surface area contributed by atoms with E-state index in [1.54, 1.807) is 6.20 Å². The number of anilines is 2. The third-order valence-electron chi connectivity index (χ3n) is 2.78. The maximum atomic E-state index is 8.90. The number of aromatic nitrogens is 1. The summed E-state index contributed by atoms with van der Waals surface area (Å²) in [4.78, 5) is 4.30. The summed E-state index contributed by atoms with van der Waals surface area (Å²) >= 11 is 0. The molecule has 3 rings (SSSR count). The minimum atomic E-state index is 0.603. The molecule has 1 aromatic carbocycles. The molecule has 0 atom stereocenters. The minimum Gasteiger partial charge on any atom is -0.367 e. The van der Waals surface area contributed by atoms with Crippen LogP contribution in [0.1, 0.15) is 5.56 Å². The number of nitrogens with one attached hydrogen (secondary N) is 2. The monoisotopic (exact) mass is 222 g/mol. The van der Waals surface area contributed by atoms with Crippen LogP contribution in [-0.4, -0.2) is 11.7 Å². The average molecular weight is 222 g/mol. The van der Waals surface area contributed by atoms with E-state index in [0.29, 0.717) is 12.2 Å². The van der Waals surface area contributed by atoms with Gasteiger partial charge >= 0.3 is 0 Å². The zero-order chi connectivity index (χ0) is 11.7. The molecule has 0 bridgehead atoms. The van der Waals surface area contributed by atoms with Gasteiger partial charge in [-0.3, -0.25) is 0 Å².